The van der Waals surface area contributed by atoms with E-state index in [0.29, 0.717) is 16.5 Å². The highest BCUT2D eigenvalue weighted by Gasteiger charge is 2.23. The second-order valence-electron chi connectivity index (χ2n) is 7.47. The average Bonchev–Trinajstić information content (AvgIpc) is 2.96. The van der Waals surface area contributed by atoms with E-state index in [1.807, 2.05) is 42.5 Å². The van der Waals surface area contributed by atoms with Crippen LogP contribution in [0, 0.1) is 0 Å². The summed E-state index contributed by atoms with van der Waals surface area (Å²) in [5.74, 6) is 0.270. The number of hydrogen-bond donors (Lipinski definition) is 1. The molecule has 1 saturated carbocycles. The Labute approximate surface area is 179 Å². The van der Waals surface area contributed by atoms with Crippen molar-refractivity contribution in [1.29, 1.82) is 0 Å². The van der Waals surface area contributed by atoms with Crippen LogP contribution in [0.25, 0.3) is 0 Å². The lowest BCUT2D eigenvalue weighted by atomic mass is 9.95. The first-order chi connectivity index (χ1) is 14.8. The molecular formula is C23H21N5OS. The molecule has 1 aliphatic heterocycles. The van der Waals surface area contributed by atoms with Gasteiger partial charge in [0.25, 0.3) is 5.91 Å². The maximum atomic E-state index is 12.8. The zero-order chi connectivity index (χ0) is 20.3. The molecule has 1 aromatic carbocycles. The molecule has 1 aliphatic carbocycles. The third-order valence-electron chi connectivity index (χ3n) is 5.37. The first-order valence-corrected chi connectivity index (χ1v) is 11.0. The summed E-state index contributed by atoms with van der Waals surface area (Å²) in [6, 6.07) is 14.0. The predicted octanol–water partition coefficient (Wildman–Crippen LogP) is 4.57. The SMILES string of the molecule is O=C(NC1CCCCC1)c1cnc2c(n1)N=C(c1ccccn1)c1ccccc1S2. The molecule has 1 fully saturated rings. The molecule has 2 aromatic heterocycles. The van der Waals surface area contributed by atoms with Crippen LogP contribution in [-0.4, -0.2) is 32.6 Å². The van der Waals surface area contributed by atoms with Crippen molar-refractivity contribution in [1.82, 2.24) is 20.3 Å². The molecule has 0 unspecified atom stereocenters. The smallest absolute Gasteiger partial charge is 0.271 e. The minimum Gasteiger partial charge on any atom is -0.348 e. The molecule has 7 heteroatoms. The van der Waals surface area contributed by atoms with E-state index in [9.17, 15) is 4.79 Å². The molecule has 0 spiro atoms. The Morgan fingerprint density at radius 1 is 1.00 bits per heavy atom. The van der Waals surface area contributed by atoms with Crippen LogP contribution in [-0.2, 0) is 0 Å². The van der Waals surface area contributed by atoms with E-state index in [4.69, 9.17) is 4.99 Å². The van der Waals surface area contributed by atoms with Crippen LogP contribution in [0.15, 0.2) is 69.8 Å². The molecular weight excluding hydrogens is 394 g/mol. The fraction of sp³-hybridized carbons (Fsp3) is 0.261. The van der Waals surface area contributed by atoms with Gasteiger partial charge in [-0.3, -0.25) is 9.78 Å². The van der Waals surface area contributed by atoms with Gasteiger partial charge in [-0.05, 0) is 31.0 Å². The van der Waals surface area contributed by atoms with Gasteiger partial charge in [0, 0.05) is 22.7 Å². The molecule has 0 atom stereocenters. The maximum Gasteiger partial charge on any atom is 0.271 e. The molecule has 0 saturated heterocycles. The van der Waals surface area contributed by atoms with Crippen LogP contribution in [0.4, 0.5) is 5.82 Å². The van der Waals surface area contributed by atoms with Gasteiger partial charge in [-0.1, -0.05) is 55.3 Å². The van der Waals surface area contributed by atoms with Crippen LogP contribution >= 0.6 is 11.8 Å². The second kappa shape index (κ2) is 8.36. The van der Waals surface area contributed by atoms with Gasteiger partial charge in [0.1, 0.15) is 10.7 Å². The Balaban J connectivity index is 1.53. The van der Waals surface area contributed by atoms with E-state index >= 15 is 0 Å². The summed E-state index contributed by atoms with van der Waals surface area (Å²) >= 11 is 1.51. The number of amides is 1. The number of aliphatic imine (C=N–C) groups is 1. The molecule has 0 bridgehead atoms. The molecule has 0 radical (unpaired) electrons. The first-order valence-electron chi connectivity index (χ1n) is 10.2. The van der Waals surface area contributed by atoms with Crippen LogP contribution in [0.3, 0.4) is 0 Å². The van der Waals surface area contributed by atoms with Crippen LogP contribution in [0.1, 0.15) is 53.8 Å². The summed E-state index contributed by atoms with van der Waals surface area (Å²) in [6.07, 6.45) is 8.91. The van der Waals surface area contributed by atoms with Crippen molar-refractivity contribution in [2.45, 2.75) is 48.1 Å². The summed E-state index contributed by atoms with van der Waals surface area (Å²) in [6.45, 7) is 0. The largest absolute Gasteiger partial charge is 0.348 e. The Kier molecular flexibility index (Phi) is 5.27. The van der Waals surface area contributed by atoms with Crippen molar-refractivity contribution in [2.75, 3.05) is 0 Å². The summed E-state index contributed by atoms with van der Waals surface area (Å²) in [7, 11) is 0. The highest BCUT2D eigenvalue weighted by molar-refractivity contribution is 7.99. The van der Waals surface area contributed by atoms with Crippen LogP contribution in [0.2, 0.25) is 0 Å². The van der Waals surface area contributed by atoms with Crippen molar-refractivity contribution < 1.29 is 4.79 Å². The second-order valence-corrected chi connectivity index (χ2v) is 8.50. The van der Waals surface area contributed by atoms with Crippen molar-refractivity contribution in [3.63, 3.8) is 0 Å². The highest BCUT2D eigenvalue weighted by atomic mass is 32.2. The summed E-state index contributed by atoms with van der Waals surface area (Å²) in [4.78, 5) is 32.2. The quantitative estimate of drug-likeness (QED) is 0.530. The number of aromatic nitrogens is 3. The van der Waals surface area contributed by atoms with Gasteiger partial charge < -0.3 is 5.32 Å². The van der Waals surface area contributed by atoms with Gasteiger partial charge in [-0.15, -0.1) is 0 Å². The van der Waals surface area contributed by atoms with Crippen molar-refractivity contribution >= 4 is 29.2 Å². The zero-order valence-corrected chi connectivity index (χ0v) is 17.2. The molecule has 30 heavy (non-hydrogen) atoms. The van der Waals surface area contributed by atoms with E-state index in [1.54, 1.807) is 12.4 Å². The number of hydrogen-bond acceptors (Lipinski definition) is 6. The number of fused-ring (bicyclic) bond motifs is 2. The molecule has 5 rings (SSSR count). The van der Waals surface area contributed by atoms with E-state index < -0.39 is 0 Å². The number of rotatable bonds is 3. The van der Waals surface area contributed by atoms with E-state index in [1.165, 1.54) is 18.2 Å². The number of carbonyl (C=O) groups is 1. The number of carbonyl (C=O) groups excluding carboxylic acids is 1. The Bertz CT molecular complexity index is 1110. The predicted molar refractivity (Wildman–Crippen MR) is 116 cm³/mol. The Hall–Kier alpha value is -3.06. The Morgan fingerprint density at radius 3 is 2.67 bits per heavy atom. The fourth-order valence-electron chi connectivity index (χ4n) is 3.85. The van der Waals surface area contributed by atoms with E-state index in [-0.39, 0.29) is 11.9 Å². The third-order valence-corrected chi connectivity index (χ3v) is 6.43. The number of pyridine rings is 1. The molecule has 3 aromatic rings. The highest BCUT2D eigenvalue weighted by Crippen LogP contribution is 2.38. The van der Waals surface area contributed by atoms with Gasteiger partial charge in [-0.2, -0.15) is 0 Å². The van der Waals surface area contributed by atoms with E-state index in [2.05, 4.69) is 20.3 Å². The number of nitrogens with one attached hydrogen (secondary N) is 1. The topological polar surface area (TPSA) is 80.1 Å². The normalized spacial score (nSPS) is 16.1. The minimum atomic E-state index is -0.182. The Morgan fingerprint density at radius 2 is 1.83 bits per heavy atom. The monoisotopic (exact) mass is 415 g/mol. The van der Waals surface area contributed by atoms with E-state index in [0.717, 1.165) is 47.5 Å². The summed E-state index contributed by atoms with van der Waals surface area (Å²) in [5, 5.41) is 3.79. The molecule has 1 N–H and O–H groups in total. The minimum absolute atomic E-state index is 0.182. The van der Waals surface area contributed by atoms with Gasteiger partial charge in [0.2, 0.25) is 0 Å². The molecule has 3 heterocycles. The molecule has 6 nitrogen and oxygen atoms in total. The summed E-state index contributed by atoms with van der Waals surface area (Å²) < 4.78 is 0. The van der Waals surface area contributed by atoms with Crippen LogP contribution < -0.4 is 5.32 Å². The molecule has 150 valence electrons. The number of nitrogens with zero attached hydrogens (tertiary/aromatic N) is 4. The van der Waals surface area contributed by atoms with Crippen LogP contribution in [0.5, 0.6) is 0 Å². The lowest BCUT2D eigenvalue weighted by Gasteiger charge is -2.22. The molecule has 2 aliphatic rings. The molecule has 1 amide bonds. The van der Waals surface area contributed by atoms with Gasteiger partial charge in [0.05, 0.1) is 17.6 Å². The van der Waals surface area contributed by atoms with Crippen molar-refractivity contribution in [2.24, 2.45) is 4.99 Å². The number of benzene rings is 1. The van der Waals surface area contributed by atoms with Gasteiger partial charge in [0.15, 0.2) is 5.82 Å². The zero-order valence-electron chi connectivity index (χ0n) is 16.4. The summed E-state index contributed by atoms with van der Waals surface area (Å²) in [5.41, 5.74) is 2.78. The fourth-order valence-corrected chi connectivity index (χ4v) is 4.77. The van der Waals surface area contributed by atoms with Crippen molar-refractivity contribution in [3.05, 3.63) is 71.8 Å². The average molecular weight is 416 g/mol. The lowest BCUT2D eigenvalue weighted by molar-refractivity contribution is 0.0922. The standard InChI is InChI=1S/C23H21N5OS/c29-22(26-15-8-2-1-3-9-15)18-14-25-23-21(27-18)28-20(17-11-6-7-13-24-17)16-10-4-5-12-19(16)30-23/h4-7,10-15H,1-3,8-9H2,(H,26,29). The van der Waals surface area contributed by atoms with Gasteiger partial charge in [-0.25, -0.2) is 15.0 Å². The third kappa shape index (κ3) is 3.85. The maximum absolute atomic E-state index is 12.8. The lowest BCUT2D eigenvalue weighted by Crippen LogP contribution is -2.36. The van der Waals surface area contributed by atoms with Crippen molar-refractivity contribution in [3.8, 4) is 0 Å². The van der Waals surface area contributed by atoms with Gasteiger partial charge >= 0.3 is 0 Å². The first kappa shape index (κ1) is 18.9.